The summed E-state index contributed by atoms with van der Waals surface area (Å²) in [4.78, 5) is 16.4. The van der Waals surface area contributed by atoms with Crippen LogP contribution in [0.2, 0.25) is 0 Å². The Hall–Kier alpha value is -2.14. The summed E-state index contributed by atoms with van der Waals surface area (Å²) < 4.78 is 2.11. The Labute approximate surface area is 130 Å². The molecule has 0 bridgehead atoms. The van der Waals surface area contributed by atoms with E-state index >= 15 is 0 Å². The molecule has 116 valence electrons. The van der Waals surface area contributed by atoms with Crippen molar-refractivity contribution in [2.45, 2.75) is 38.4 Å². The number of carbonyl (C=O) groups is 1. The van der Waals surface area contributed by atoms with E-state index in [1.165, 1.54) is 5.56 Å². The summed E-state index contributed by atoms with van der Waals surface area (Å²) in [6.07, 6.45) is 6.72. The Balaban J connectivity index is 1.52. The predicted octanol–water partition coefficient (Wildman–Crippen LogP) is 1.49. The van der Waals surface area contributed by atoms with Gasteiger partial charge in [-0.25, -0.2) is 4.98 Å². The maximum atomic E-state index is 12.0. The number of aryl methyl sites for hydroxylation is 2. The van der Waals surface area contributed by atoms with Crippen molar-refractivity contribution >= 4 is 5.91 Å². The second kappa shape index (κ2) is 7.22. The normalized spacial score (nSPS) is 17.5. The van der Waals surface area contributed by atoms with Crippen molar-refractivity contribution in [3.63, 3.8) is 0 Å². The number of carbonyl (C=O) groups excluding carboxylic acids is 1. The monoisotopic (exact) mass is 298 g/mol. The van der Waals surface area contributed by atoms with Gasteiger partial charge in [0.2, 0.25) is 5.91 Å². The van der Waals surface area contributed by atoms with Gasteiger partial charge in [-0.2, -0.15) is 0 Å². The molecular formula is C17H22N4O. The summed E-state index contributed by atoms with van der Waals surface area (Å²) in [5, 5.41) is 6.19. The molecule has 2 aromatic rings. The molecule has 1 aliphatic rings. The van der Waals surface area contributed by atoms with Crippen molar-refractivity contribution in [2.24, 2.45) is 0 Å². The number of hydrogen-bond acceptors (Lipinski definition) is 3. The highest BCUT2D eigenvalue weighted by molar-refractivity contribution is 5.81. The van der Waals surface area contributed by atoms with Gasteiger partial charge >= 0.3 is 0 Å². The van der Waals surface area contributed by atoms with Gasteiger partial charge in [0.1, 0.15) is 5.82 Å². The van der Waals surface area contributed by atoms with Gasteiger partial charge in [-0.15, -0.1) is 0 Å². The van der Waals surface area contributed by atoms with Crippen LogP contribution in [0, 0.1) is 0 Å². The molecule has 1 amide bonds. The van der Waals surface area contributed by atoms with Gasteiger partial charge in [-0.1, -0.05) is 30.3 Å². The van der Waals surface area contributed by atoms with E-state index in [2.05, 4.69) is 44.5 Å². The van der Waals surface area contributed by atoms with E-state index < -0.39 is 0 Å². The molecule has 1 aromatic heterocycles. The largest absolute Gasteiger partial charge is 0.348 e. The molecule has 0 spiro atoms. The average Bonchev–Trinajstić information content (AvgIpc) is 3.23. The fourth-order valence-corrected chi connectivity index (χ4v) is 2.80. The average molecular weight is 298 g/mol. The third-order valence-corrected chi connectivity index (χ3v) is 4.08. The van der Waals surface area contributed by atoms with Crippen molar-refractivity contribution in [2.75, 3.05) is 6.54 Å². The van der Waals surface area contributed by atoms with E-state index in [0.717, 1.165) is 38.2 Å². The molecule has 3 rings (SSSR count). The highest BCUT2D eigenvalue weighted by Gasteiger charge is 2.21. The first kappa shape index (κ1) is 14.8. The van der Waals surface area contributed by atoms with Crippen molar-refractivity contribution in [3.8, 4) is 0 Å². The third kappa shape index (κ3) is 3.74. The minimum Gasteiger partial charge on any atom is -0.348 e. The van der Waals surface area contributed by atoms with E-state index in [0.29, 0.717) is 6.54 Å². The Kier molecular flexibility index (Phi) is 4.85. The maximum absolute atomic E-state index is 12.0. The molecule has 0 radical (unpaired) electrons. The second-order valence-corrected chi connectivity index (χ2v) is 5.64. The zero-order valence-electron chi connectivity index (χ0n) is 12.7. The van der Waals surface area contributed by atoms with Gasteiger partial charge in [0, 0.05) is 18.9 Å². The highest BCUT2D eigenvalue weighted by atomic mass is 16.2. The van der Waals surface area contributed by atoms with Crippen molar-refractivity contribution in [1.82, 2.24) is 20.2 Å². The van der Waals surface area contributed by atoms with Gasteiger partial charge in [0.25, 0.3) is 0 Å². The fraction of sp³-hybridized carbons (Fsp3) is 0.412. The SMILES string of the molecule is O=C(NCc1nccn1CCc1ccccc1)[C@@H]1CCCN1. The van der Waals surface area contributed by atoms with Crippen LogP contribution in [0.25, 0.3) is 0 Å². The molecule has 1 fully saturated rings. The molecule has 2 N–H and O–H groups in total. The number of amides is 1. The van der Waals surface area contributed by atoms with Crippen LogP contribution < -0.4 is 10.6 Å². The van der Waals surface area contributed by atoms with Crippen LogP contribution in [-0.2, 0) is 24.3 Å². The lowest BCUT2D eigenvalue weighted by atomic mass is 10.1. The number of imidazole rings is 1. The Morgan fingerprint density at radius 2 is 2.23 bits per heavy atom. The van der Waals surface area contributed by atoms with Crippen LogP contribution in [-0.4, -0.2) is 28.0 Å². The van der Waals surface area contributed by atoms with Gasteiger partial charge < -0.3 is 15.2 Å². The molecule has 2 heterocycles. The molecule has 22 heavy (non-hydrogen) atoms. The van der Waals surface area contributed by atoms with Gasteiger partial charge in [0.05, 0.1) is 12.6 Å². The number of hydrogen-bond donors (Lipinski definition) is 2. The molecule has 5 nitrogen and oxygen atoms in total. The van der Waals surface area contributed by atoms with E-state index in [-0.39, 0.29) is 11.9 Å². The fourth-order valence-electron chi connectivity index (χ4n) is 2.80. The van der Waals surface area contributed by atoms with Crippen molar-refractivity contribution in [1.29, 1.82) is 0 Å². The molecule has 0 aliphatic carbocycles. The summed E-state index contributed by atoms with van der Waals surface area (Å²) in [6, 6.07) is 10.4. The molecule has 5 heteroatoms. The smallest absolute Gasteiger partial charge is 0.237 e. The number of aromatic nitrogens is 2. The Morgan fingerprint density at radius 1 is 1.36 bits per heavy atom. The topological polar surface area (TPSA) is 59.0 Å². The quantitative estimate of drug-likeness (QED) is 0.849. The lowest BCUT2D eigenvalue weighted by molar-refractivity contribution is -0.123. The summed E-state index contributed by atoms with van der Waals surface area (Å²) in [6.45, 7) is 2.29. The predicted molar refractivity (Wildman–Crippen MR) is 85.2 cm³/mol. The first-order valence-electron chi connectivity index (χ1n) is 7.88. The Bertz CT molecular complexity index is 602. The van der Waals surface area contributed by atoms with Crippen LogP contribution in [0.15, 0.2) is 42.7 Å². The first-order valence-corrected chi connectivity index (χ1v) is 7.88. The lowest BCUT2D eigenvalue weighted by Gasteiger charge is -2.12. The number of rotatable bonds is 6. The van der Waals surface area contributed by atoms with Crippen LogP contribution in [0.4, 0.5) is 0 Å². The van der Waals surface area contributed by atoms with E-state index in [1.807, 2.05) is 12.3 Å². The van der Waals surface area contributed by atoms with Crippen LogP contribution in [0.1, 0.15) is 24.2 Å². The molecular weight excluding hydrogens is 276 g/mol. The van der Waals surface area contributed by atoms with Crippen LogP contribution in [0.3, 0.4) is 0 Å². The molecule has 1 saturated heterocycles. The maximum Gasteiger partial charge on any atom is 0.237 e. The van der Waals surface area contributed by atoms with E-state index in [9.17, 15) is 4.79 Å². The first-order chi connectivity index (χ1) is 10.8. The van der Waals surface area contributed by atoms with Gasteiger partial charge in [-0.3, -0.25) is 4.79 Å². The third-order valence-electron chi connectivity index (χ3n) is 4.08. The molecule has 1 aliphatic heterocycles. The summed E-state index contributed by atoms with van der Waals surface area (Å²) >= 11 is 0. The zero-order valence-corrected chi connectivity index (χ0v) is 12.7. The number of nitrogens with one attached hydrogen (secondary N) is 2. The van der Waals surface area contributed by atoms with E-state index in [4.69, 9.17) is 0 Å². The van der Waals surface area contributed by atoms with Crippen LogP contribution in [0.5, 0.6) is 0 Å². The molecule has 1 aromatic carbocycles. The van der Waals surface area contributed by atoms with Crippen LogP contribution >= 0.6 is 0 Å². The Morgan fingerprint density at radius 3 is 3.00 bits per heavy atom. The second-order valence-electron chi connectivity index (χ2n) is 5.64. The molecule has 0 unspecified atom stereocenters. The number of benzene rings is 1. The standard InChI is InChI=1S/C17H22N4O/c22-17(15-7-4-9-18-15)20-13-16-19-10-12-21(16)11-8-14-5-2-1-3-6-14/h1-3,5-6,10,12,15,18H,4,7-9,11,13H2,(H,20,22)/t15-/m0/s1. The van der Waals surface area contributed by atoms with E-state index in [1.54, 1.807) is 6.20 Å². The molecule has 0 saturated carbocycles. The minimum atomic E-state index is -0.0345. The minimum absolute atomic E-state index is 0.0345. The number of nitrogens with zero attached hydrogens (tertiary/aromatic N) is 2. The lowest BCUT2D eigenvalue weighted by Crippen LogP contribution is -2.40. The van der Waals surface area contributed by atoms with Crippen molar-refractivity contribution < 1.29 is 4.79 Å². The molecule has 1 atom stereocenters. The summed E-state index contributed by atoms with van der Waals surface area (Å²) in [7, 11) is 0. The summed E-state index contributed by atoms with van der Waals surface area (Å²) in [5.41, 5.74) is 1.31. The van der Waals surface area contributed by atoms with Crippen molar-refractivity contribution in [3.05, 3.63) is 54.1 Å². The zero-order chi connectivity index (χ0) is 15.2. The van der Waals surface area contributed by atoms with Gasteiger partial charge in [0.15, 0.2) is 0 Å². The summed E-state index contributed by atoms with van der Waals surface area (Å²) in [5.74, 6) is 0.984. The van der Waals surface area contributed by atoms with Gasteiger partial charge in [-0.05, 0) is 31.4 Å². The highest BCUT2D eigenvalue weighted by Crippen LogP contribution is 2.06.